The van der Waals surface area contributed by atoms with Crippen molar-refractivity contribution >= 4 is 33.1 Å². The fourth-order valence-corrected chi connectivity index (χ4v) is 2.84. The van der Waals surface area contributed by atoms with Gasteiger partial charge in [-0.25, -0.2) is 4.68 Å². The van der Waals surface area contributed by atoms with Crippen LogP contribution in [-0.4, -0.2) is 15.7 Å². The number of amides is 1. The van der Waals surface area contributed by atoms with Crippen molar-refractivity contribution in [3.05, 3.63) is 83.3 Å². The van der Waals surface area contributed by atoms with Gasteiger partial charge in [0.2, 0.25) is 5.91 Å². The van der Waals surface area contributed by atoms with Crippen molar-refractivity contribution in [1.82, 2.24) is 9.78 Å². The maximum atomic E-state index is 12.4. The third-order valence-corrected chi connectivity index (χ3v) is 4.09. The van der Waals surface area contributed by atoms with Gasteiger partial charge in [0.05, 0.1) is 11.6 Å². The van der Waals surface area contributed by atoms with Crippen molar-refractivity contribution in [1.29, 1.82) is 0 Å². The van der Waals surface area contributed by atoms with E-state index in [2.05, 4.69) is 10.4 Å². The Labute approximate surface area is 143 Å². The summed E-state index contributed by atoms with van der Waals surface area (Å²) in [7, 11) is 0. The molecule has 0 atom stereocenters. The van der Waals surface area contributed by atoms with Crippen molar-refractivity contribution < 1.29 is 4.79 Å². The number of aromatic nitrogens is 2. The molecule has 1 heterocycles. The predicted octanol–water partition coefficient (Wildman–Crippen LogP) is 3.19. The van der Waals surface area contributed by atoms with Crippen LogP contribution in [0.5, 0.6) is 0 Å². The highest BCUT2D eigenvalue weighted by molar-refractivity contribution is 5.94. The third-order valence-electron chi connectivity index (χ3n) is 4.09. The molecule has 122 valence electrons. The summed E-state index contributed by atoms with van der Waals surface area (Å²) in [5, 5.41) is 10.4. The zero-order valence-electron chi connectivity index (χ0n) is 13.3. The minimum atomic E-state index is -0.292. The molecule has 4 rings (SSSR count). The van der Waals surface area contributed by atoms with Crippen LogP contribution in [0.3, 0.4) is 0 Å². The number of nitrogens with one attached hydrogen (secondary N) is 1. The van der Waals surface area contributed by atoms with Crippen LogP contribution in [0.4, 0.5) is 5.69 Å². The van der Waals surface area contributed by atoms with E-state index in [1.165, 1.54) is 4.68 Å². The molecule has 0 fully saturated rings. The van der Waals surface area contributed by atoms with Crippen molar-refractivity contribution in [2.75, 3.05) is 5.32 Å². The summed E-state index contributed by atoms with van der Waals surface area (Å²) in [5.41, 5.74) is 0.421. The second kappa shape index (κ2) is 6.20. The van der Waals surface area contributed by atoms with Gasteiger partial charge >= 0.3 is 0 Å². The van der Waals surface area contributed by atoms with E-state index in [1.54, 1.807) is 18.3 Å². The van der Waals surface area contributed by atoms with E-state index < -0.39 is 0 Å². The third kappa shape index (κ3) is 2.99. The number of rotatable bonds is 3. The number of fused-ring (bicyclic) bond motifs is 2. The molecule has 1 aromatic heterocycles. The van der Waals surface area contributed by atoms with Gasteiger partial charge in [-0.1, -0.05) is 48.5 Å². The van der Waals surface area contributed by atoms with E-state index in [-0.39, 0.29) is 18.0 Å². The molecule has 5 nitrogen and oxygen atoms in total. The van der Waals surface area contributed by atoms with Crippen LogP contribution in [0, 0.1) is 0 Å². The first-order valence-corrected chi connectivity index (χ1v) is 7.94. The molecule has 0 radical (unpaired) electrons. The SMILES string of the molecule is O=C(Cn1ncc2ccccc2c1=O)Nc1ccc2ccccc2c1. The molecule has 0 aliphatic rings. The first kappa shape index (κ1) is 15.1. The Hall–Kier alpha value is -3.47. The highest BCUT2D eigenvalue weighted by Gasteiger charge is 2.09. The first-order valence-electron chi connectivity index (χ1n) is 7.94. The molecule has 0 aliphatic carbocycles. The smallest absolute Gasteiger partial charge is 0.275 e. The summed E-state index contributed by atoms with van der Waals surface area (Å²) in [6, 6.07) is 20.8. The molecule has 0 aliphatic heterocycles. The van der Waals surface area contributed by atoms with Crippen molar-refractivity contribution in [2.45, 2.75) is 6.54 Å². The van der Waals surface area contributed by atoms with Crippen LogP contribution in [0.25, 0.3) is 21.5 Å². The average molecular weight is 329 g/mol. The summed E-state index contributed by atoms with van der Waals surface area (Å²) < 4.78 is 1.18. The van der Waals surface area contributed by atoms with Crippen LogP contribution in [0.2, 0.25) is 0 Å². The van der Waals surface area contributed by atoms with E-state index in [1.807, 2.05) is 54.6 Å². The first-order chi connectivity index (χ1) is 12.2. The zero-order chi connectivity index (χ0) is 17.2. The van der Waals surface area contributed by atoms with E-state index in [4.69, 9.17) is 0 Å². The van der Waals surface area contributed by atoms with Gasteiger partial charge in [-0.3, -0.25) is 9.59 Å². The number of benzene rings is 3. The van der Waals surface area contributed by atoms with Gasteiger partial charge in [-0.05, 0) is 29.0 Å². The summed E-state index contributed by atoms with van der Waals surface area (Å²) >= 11 is 0. The van der Waals surface area contributed by atoms with Crippen molar-refractivity contribution in [3.8, 4) is 0 Å². The summed E-state index contributed by atoms with van der Waals surface area (Å²) in [6.45, 7) is -0.128. The maximum absolute atomic E-state index is 12.4. The maximum Gasteiger partial charge on any atom is 0.275 e. The van der Waals surface area contributed by atoms with E-state index in [0.717, 1.165) is 16.2 Å². The van der Waals surface area contributed by atoms with E-state index >= 15 is 0 Å². The van der Waals surface area contributed by atoms with Gasteiger partial charge in [-0.2, -0.15) is 5.10 Å². The van der Waals surface area contributed by atoms with Gasteiger partial charge in [-0.15, -0.1) is 0 Å². The topological polar surface area (TPSA) is 64.0 Å². The fraction of sp³-hybridized carbons (Fsp3) is 0.0500. The Bertz CT molecular complexity index is 1150. The molecule has 3 aromatic carbocycles. The molecule has 25 heavy (non-hydrogen) atoms. The Kier molecular flexibility index (Phi) is 3.74. The van der Waals surface area contributed by atoms with Crippen molar-refractivity contribution in [3.63, 3.8) is 0 Å². The summed E-state index contributed by atoms with van der Waals surface area (Å²) in [5.74, 6) is -0.292. The van der Waals surface area contributed by atoms with Crippen molar-refractivity contribution in [2.24, 2.45) is 0 Å². The molecule has 0 saturated carbocycles. The number of carbonyl (C=O) groups excluding carboxylic acids is 1. The zero-order valence-corrected chi connectivity index (χ0v) is 13.3. The van der Waals surface area contributed by atoms with Crippen LogP contribution < -0.4 is 10.9 Å². The molecular formula is C20H15N3O2. The average Bonchev–Trinajstić information content (AvgIpc) is 2.64. The monoisotopic (exact) mass is 329 g/mol. The minimum absolute atomic E-state index is 0.128. The molecule has 1 N–H and O–H groups in total. The molecule has 0 spiro atoms. The second-order valence-electron chi connectivity index (χ2n) is 5.80. The van der Waals surface area contributed by atoms with Crippen LogP contribution in [-0.2, 0) is 11.3 Å². The Balaban J connectivity index is 1.57. The lowest BCUT2D eigenvalue weighted by Crippen LogP contribution is -2.29. The summed E-state index contributed by atoms with van der Waals surface area (Å²) in [6.07, 6.45) is 1.60. The van der Waals surface area contributed by atoms with Crippen LogP contribution >= 0.6 is 0 Å². The van der Waals surface area contributed by atoms with Gasteiger partial charge in [0.25, 0.3) is 5.56 Å². The fourth-order valence-electron chi connectivity index (χ4n) is 2.84. The van der Waals surface area contributed by atoms with Gasteiger partial charge in [0.1, 0.15) is 6.54 Å². The standard InChI is InChI=1S/C20H15N3O2/c24-19(22-17-10-9-14-5-1-2-6-15(14)11-17)13-23-20(25)18-8-4-3-7-16(18)12-21-23/h1-12H,13H2,(H,22,24). The summed E-state index contributed by atoms with van der Waals surface area (Å²) in [4.78, 5) is 24.7. The number of anilines is 1. The lowest BCUT2D eigenvalue weighted by atomic mass is 10.1. The molecule has 5 heteroatoms. The number of nitrogens with zero attached hydrogens (tertiary/aromatic N) is 2. The van der Waals surface area contributed by atoms with Crippen LogP contribution in [0.15, 0.2) is 77.7 Å². The molecule has 1 amide bonds. The highest BCUT2D eigenvalue weighted by atomic mass is 16.2. The number of hydrogen-bond acceptors (Lipinski definition) is 3. The largest absolute Gasteiger partial charge is 0.324 e. The molecule has 0 saturated heterocycles. The van der Waals surface area contributed by atoms with Gasteiger partial charge in [0.15, 0.2) is 0 Å². The Morgan fingerprint density at radius 2 is 1.64 bits per heavy atom. The van der Waals surface area contributed by atoms with E-state index in [9.17, 15) is 9.59 Å². The minimum Gasteiger partial charge on any atom is -0.324 e. The lowest BCUT2D eigenvalue weighted by Gasteiger charge is -2.08. The molecular weight excluding hydrogens is 314 g/mol. The van der Waals surface area contributed by atoms with Gasteiger partial charge < -0.3 is 5.32 Å². The molecule has 0 unspecified atom stereocenters. The Morgan fingerprint density at radius 1 is 0.920 bits per heavy atom. The quantitative estimate of drug-likeness (QED) is 0.628. The Morgan fingerprint density at radius 3 is 2.48 bits per heavy atom. The van der Waals surface area contributed by atoms with Gasteiger partial charge in [0, 0.05) is 11.1 Å². The predicted molar refractivity (Wildman–Crippen MR) is 98.6 cm³/mol. The molecule has 4 aromatic rings. The normalized spacial score (nSPS) is 10.9. The lowest BCUT2D eigenvalue weighted by molar-refractivity contribution is -0.117. The second-order valence-corrected chi connectivity index (χ2v) is 5.80. The highest BCUT2D eigenvalue weighted by Crippen LogP contribution is 2.18. The van der Waals surface area contributed by atoms with Crippen LogP contribution in [0.1, 0.15) is 0 Å². The van der Waals surface area contributed by atoms with E-state index in [0.29, 0.717) is 11.1 Å². The number of carbonyl (C=O) groups is 1. The number of hydrogen-bond donors (Lipinski definition) is 1. The molecule has 0 bridgehead atoms.